The Kier molecular flexibility index (Phi) is 8.58. The Balaban J connectivity index is 1.36. The molecule has 0 unspecified atom stereocenters. The Morgan fingerprint density at radius 1 is 1.07 bits per heavy atom. The summed E-state index contributed by atoms with van der Waals surface area (Å²) in [5.74, 6) is 0.325. The van der Waals surface area contributed by atoms with Crippen LogP contribution < -0.4 is 10.1 Å². The molecule has 226 valence electrons. The van der Waals surface area contributed by atoms with Crippen LogP contribution in [0, 0.1) is 0 Å². The summed E-state index contributed by atoms with van der Waals surface area (Å²) in [5, 5.41) is 6.32. The maximum atomic E-state index is 14.3. The molecule has 2 aliphatic heterocycles. The van der Waals surface area contributed by atoms with E-state index in [9.17, 15) is 14.4 Å². The highest BCUT2D eigenvalue weighted by Gasteiger charge is 2.51. The summed E-state index contributed by atoms with van der Waals surface area (Å²) in [7, 11) is 1.60. The number of para-hydroxylation sites is 1. The van der Waals surface area contributed by atoms with Gasteiger partial charge < -0.3 is 19.9 Å². The van der Waals surface area contributed by atoms with Crippen molar-refractivity contribution in [3.8, 4) is 5.75 Å². The molecular formula is C33H34N6O4S. The summed E-state index contributed by atoms with van der Waals surface area (Å²) < 4.78 is 6.35. The van der Waals surface area contributed by atoms with Crippen molar-refractivity contribution < 1.29 is 19.1 Å². The molecule has 0 aliphatic carbocycles. The van der Waals surface area contributed by atoms with E-state index in [2.05, 4.69) is 16.9 Å². The number of piperazine rings is 1. The predicted octanol–water partition coefficient (Wildman–Crippen LogP) is 4.04. The van der Waals surface area contributed by atoms with E-state index in [1.54, 1.807) is 49.9 Å². The second-order valence-corrected chi connectivity index (χ2v) is 11.7. The number of ether oxygens (including phenoxy) is 1. The van der Waals surface area contributed by atoms with Crippen LogP contribution in [-0.4, -0.2) is 81.6 Å². The van der Waals surface area contributed by atoms with Gasteiger partial charge in [0, 0.05) is 26.1 Å². The van der Waals surface area contributed by atoms with Gasteiger partial charge in [-0.3, -0.25) is 9.59 Å². The van der Waals surface area contributed by atoms with Gasteiger partial charge in [0.25, 0.3) is 0 Å². The van der Waals surface area contributed by atoms with Crippen LogP contribution in [0.25, 0.3) is 10.2 Å². The van der Waals surface area contributed by atoms with Crippen LogP contribution in [-0.2, 0) is 29.1 Å². The number of nitrogens with zero attached hydrogens (tertiary/aromatic N) is 5. The molecular weight excluding hydrogens is 576 g/mol. The molecule has 6 rings (SSSR count). The van der Waals surface area contributed by atoms with Crippen molar-refractivity contribution in [1.29, 1.82) is 0 Å². The molecule has 3 heterocycles. The third kappa shape index (κ3) is 5.88. The molecule has 4 amide bonds. The number of thiazole rings is 1. The molecule has 0 saturated carbocycles. The number of aromatic nitrogens is 1. The number of carbonyl (C=O) groups excluding carboxylic acids is 3. The number of methoxy groups -OCH3 is 1. The van der Waals surface area contributed by atoms with Crippen molar-refractivity contribution in [2.45, 2.75) is 31.7 Å². The van der Waals surface area contributed by atoms with E-state index in [-0.39, 0.29) is 30.9 Å². The van der Waals surface area contributed by atoms with Gasteiger partial charge in [-0.05, 0) is 34.9 Å². The number of benzene rings is 3. The smallest absolute Gasteiger partial charge is 0.334 e. The Bertz CT molecular complexity index is 1660. The zero-order chi connectivity index (χ0) is 30.6. The number of fused-ring (bicyclic) bond motifs is 2. The highest BCUT2D eigenvalue weighted by Crippen LogP contribution is 2.31. The summed E-state index contributed by atoms with van der Waals surface area (Å²) in [4.78, 5) is 49.9. The topological polar surface area (TPSA) is 98.3 Å². The molecule has 0 spiro atoms. The third-order valence-electron chi connectivity index (χ3n) is 8.06. The lowest BCUT2D eigenvalue weighted by Gasteiger charge is -2.55. The van der Waals surface area contributed by atoms with Crippen LogP contribution in [0.4, 0.5) is 4.79 Å². The lowest BCUT2D eigenvalue weighted by atomic mass is 9.98. The Hall–Kier alpha value is -4.74. The summed E-state index contributed by atoms with van der Waals surface area (Å²) in [6.45, 7) is 4.88. The highest BCUT2D eigenvalue weighted by molar-refractivity contribution is 7.16. The van der Waals surface area contributed by atoms with Crippen LogP contribution >= 0.6 is 11.3 Å². The zero-order valence-corrected chi connectivity index (χ0v) is 25.3. The Labute approximate surface area is 260 Å². The predicted molar refractivity (Wildman–Crippen MR) is 168 cm³/mol. The number of rotatable bonds is 9. The van der Waals surface area contributed by atoms with Gasteiger partial charge in [-0.2, -0.15) is 0 Å². The van der Waals surface area contributed by atoms with E-state index in [0.29, 0.717) is 31.8 Å². The molecule has 0 bridgehead atoms. The number of carbonyl (C=O) groups is 3. The summed E-state index contributed by atoms with van der Waals surface area (Å²) >= 11 is 1.55. The minimum atomic E-state index is -0.806. The van der Waals surface area contributed by atoms with E-state index in [1.165, 1.54) is 0 Å². The van der Waals surface area contributed by atoms with Crippen molar-refractivity contribution in [2.75, 3.05) is 26.7 Å². The fourth-order valence-corrected chi connectivity index (χ4v) is 6.69. The second kappa shape index (κ2) is 12.9. The number of amides is 4. The van der Waals surface area contributed by atoms with Crippen molar-refractivity contribution in [1.82, 2.24) is 30.1 Å². The molecule has 3 aromatic carbocycles. The lowest BCUT2D eigenvalue weighted by Crippen LogP contribution is -2.76. The standard InChI is InChI=1S/C33H34N6O4S/c1-3-16-37-21-30(40)38-27(17-23-12-14-26(43-2)15-13-23)32(41)36(19-25-10-7-11-28-31(25)35-22-44-28)20-29(38)39(37)33(42)34-18-24-8-5-4-6-9-24/h3-15,22,27,29H,1,16-21H2,2H3,(H,34,42)/t27-,29-/m0/s1. The van der Waals surface area contributed by atoms with Gasteiger partial charge >= 0.3 is 6.03 Å². The Morgan fingerprint density at radius 3 is 2.61 bits per heavy atom. The fraction of sp³-hybridized carbons (Fsp3) is 0.273. The van der Waals surface area contributed by atoms with E-state index < -0.39 is 12.2 Å². The molecule has 2 aliphatic rings. The molecule has 10 nitrogen and oxygen atoms in total. The van der Waals surface area contributed by atoms with Crippen LogP contribution in [0.3, 0.4) is 0 Å². The van der Waals surface area contributed by atoms with Gasteiger partial charge in [0.1, 0.15) is 18.0 Å². The van der Waals surface area contributed by atoms with Gasteiger partial charge in [-0.25, -0.2) is 19.8 Å². The van der Waals surface area contributed by atoms with Crippen molar-refractivity contribution in [2.24, 2.45) is 0 Å². The number of hydrazine groups is 1. The summed E-state index contributed by atoms with van der Waals surface area (Å²) in [6.07, 6.45) is 1.25. The average Bonchev–Trinajstić information content (AvgIpc) is 3.53. The summed E-state index contributed by atoms with van der Waals surface area (Å²) in [5.41, 5.74) is 5.40. The number of hydrogen-bond donors (Lipinski definition) is 1. The second-order valence-electron chi connectivity index (χ2n) is 10.8. The van der Waals surface area contributed by atoms with Crippen molar-refractivity contribution in [3.63, 3.8) is 0 Å². The van der Waals surface area contributed by atoms with E-state index in [1.807, 2.05) is 72.8 Å². The number of nitrogens with one attached hydrogen (secondary N) is 1. The SMILES string of the molecule is C=CCN1CC(=O)N2[C@@H](Cc3ccc(OC)cc3)C(=O)N(Cc3cccc4scnc34)C[C@@H]2N1C(=O)NCc1ccccc1. The Morgan fingerprint density at radius 2 is 1.86 bits per heavy atom. The van der Waals surface area contributed by atoms with E-state index in [0.717, 1.165) is 26.9 Å². The first-order chi connectivity index (χ1) is 21.5. The zero-order valence-electron chi connectivity index (χ0n) is 24.5. The molecule has 1 aromatic heterocycles. The molecule has 2 fully saturated rings. The maximum absolute atomic E-state index is 14.3. The van der Waals surface area contributed by atoms with Gasteiger partial charge in [0.2, 0.25) is 11.8 Å². The minimum absolute atomic E-state index is 0.0498. The minimum Gasteiger partial charge on any atom is -0.497 e. The van der Waals surface area contributed by atoms with Gasteiger partial charge in [0.15, 0.2) is 0 Å². The van der Waals surface area contributed by atoms with Gasteiger partial charge in [-0.15, -0.1) is 17.9 Å². The molecule has 1 N–H and O–H groups in total. The van der Waals surface area contributed by atoms with Crippen LogP contribution in [0.2, 0.25) is 0 Å². The van der Waals surface area contributed by atoms with Crippen LogP contribution in [0.1, 0.15) is 16.7 Å². The van der Waals surface area contributed by atoms with E-state index in [4.69, 9.17) is 4.74 Å². The first-order valence-corrected chi connectivity index (χ1v) is 15.4. The summed E-state index contributed by atoms with van der Waals surface area (Å²) in [6, 6.07) is 21.9. The monoisotopic (exact) mass is 610 g/mol. The normalized spacial score (nSPS) is 18.8. The van der Waals surface area contributed by atoms with Gasteiger partial charge in [0.05, 0.1) is 35.9 Å². The van der Waals surface area contributed by atoms with Crippen molar-refractivity contribution in [3.05, 3.63) is 108 Å². The maximum Gasteiger partial charge on any atom is 0.334 e. The lowest BCUT2D eigenvalue weighted by molar-refractivity contribution is -0.189. The molecule has 2 atom stereocenters. The van der Waals surface area contributed by atoms with Crippen molar-refractivity contribution >= 4 is 39.4 Å². The van der Waals surface area contributed by atoms with Gasteiger partial charge in [-0.1, -0.05) is 60.7 Å². The van der Waals surface area contributed by atoms with Crippen LogP contribution in [0.5, 0.6) is 5.75 Å². The van der Waals surface area contributed by atoms with E-state index >= 15 is 0 Å². The average molecular weight is 611 g/mol. The first-order valence-electron chi connectivity index (χ1n) is 14.5. The largest absolute Gasteiger partial charge is 0.497 e. The highest BCUT2D eigenvalue weighted by atomic mass is 32.1. The van der Waals surface area contributed by atoms with Crippen LogP contribution in [0.15, 0.2) is 91.0 Å². The molecule has 44 heavy (non-hydrogen) atoms. The first kappa shape index (κ1) is 29.3. The molecule has 11 heteroatoms. The fourth-order valence-electron chi connectivity index (χ4n) is 5.96. The number of hydrogen-bond acceptors (Lipinski definition) is 7. The quantitative estimate of drug-likeness (QED) is 0.288. The molecule has 0 radical (unpaired) electrons. The molecule has 2 saturated heterocycles. The number of urea groups is 1. The third-order valence-corrected chi connectivity index (χ3v) is 8.85. The molecule has 4 aromatic rings.